The van der Waals surface area contributed by atoms with Crippen molar-refractivity contribution in [3.63, 3.8) is 0 Å². The Balaban J connectivity index is 2.00. The molecule has 0 aliphatic heterocycles. The van der Waals surface area contributed by atoms with Gasteiger partial charge in [-0.05, 0) is 43.9 Å². The summed E-state index contributed by atoms with van der Waals surface area (Å²) in [5.74, 6) is -0.129. The summed E-state index contributed by atoms with van der Waals surface area (Å²) in [6, 6.07) is 4.26. The van der Waals surface area contributed by atoms with Gasteiger partial charge in [0.05, 0.1) is 0 Å². The van der Waals surface area contributed by atoms with Crippen LogP contribution in [0.1, 0.15) is 43.0 Å². The molecule has 0 bridgehead atoms. The number of amides is 1. The Kier molecular flexibility index (Phi) is 3.75. The third-order valence-corrected chi connectivity index (χ3v) is 3.70. The van der Waals surface area contributed by atoms with E-state index < -0.39 is 0 Å². The number of phenols is 2. The lowest BCUT2D eigenvalue weighted by Crippen LogP contribution is -2.37. The summed E-state index contributed by atoms with van der Waals surface area (Å²) in [4.78, 5) is 12.0. The lowest BCUT2D eigenvalue weighted by Gasteiger charge is -2.20. The number of hydrogen-bond acceptors (Lipinski definition) is 3. The fourth-order valence-corrected chi connectivity index (χ4v) is 2.53. The first-order valence-electron chi connectivity index (χ1n) is 6.41. The normalized spacial score (nSPS) is 17.6. The van der Waals surface area contributed by atoms with Crippen LogP contribution in [-0.4, -0.2) is 22.2 Å². The van der Waals surface area contributed by atoms with E-state index in [9.17, 15) is 15.0 Å². The van der Waals surface area contributed by atoms with Gasteiger partial charge in [0.25, 0.3) is 5.91 Å². The van der Waals surface area contributed by atoms with Crippen LogP contribution in [0.5, 0.6) is 11.5 Å². The zero-order chi connectivity index (χ0) is 13.1. The van der Waals surface area contributed by atoms with Crippen LogP contribution in [0.4, 0.5) is 0 Å². The minimum Gasteiger partial charge on any atom is -0.504 e. The standard InChI is InChI=1S/C14H19NO3/c1-9(10-4-2-3-5-10)15-14(18)11-6-7-12(16)13(17)8-11/h6-10,16-17H,2-5H2,1H3,(H,15,18). The lowest BCUT2D eigenvalue weighted by atomic mass is 9.99. The van der Waals surface area contributed by atoms with E-state index in [1.807, 2.05) is 6.92 Å². The van der Waals surface area contributed by atoms with Crippen molar-refractivity contribution in [1.29, 1.82) is 0 Å². The molecule has 1 amide bonds. The molecule has 18 heavy (non-hydrogen) atoms. The Bertz CT molecular complexity index is 439. The van der Waals surface area contributed by atoms with Crippen LogP contribution in [0, 0.1) is 5.92 Å². The van der Waals surface area contributed by atoms with Crippen molar-refractivity contribution in [3.8, 4) is 11.5 Å². The van der Waals surface area contributed by atoms with Crippen LogP contribution in [0.15, 0.2) is 18.2 Å². The van der Waals surface area contributed by atoms with Gasteiger partial charge in [0.1, 0.15) is 0 Å². The molecule has 3 N–H and O–H groups in total. The zero-order valence-corrected chi connectivity index (χ0v) is 10.5. The van der Waals surface area contributed by atoms with Crippen LogP contribution >= 0.6 is 0 Å². The van der Waals surface area contributed by atoms with Crippen molar-refractivity contribution in [2.75, 3.05) is 0 Å². The molecule has 2 rings (SSSR count). The van der Waals surface area contributed by atoms with E-state index in [1.165, 1.54) is 43.9 Å². The van der Waals surface area contributed by atoms with E-state index >= 15 is 0 Å². The SMILES string of the molecule is CC(NC(=O)c1ccc(O)c(O)c1)C1CCCC1. The number of carbonyl (C=O) groups is 1. The topological polar surface area (TPSA) is 69.6 Å². The number of carbonyl (C=O) groups excluding carboxylic acids is 1. The number of nitrogens with one attached hydrogen (secondary N) is 1. The van der Waals surface area contributed by atoms with Crippen molar-refractivity contribution in [1.82, 2.24) is 5.32 Å². The molecule has 4 heteroatoms. The molecule has 0 saturated heterocycles. The van der Waals surface area contributed by atoms with E-state index in [1.54, 1.807) is 0 Å². The summed E-state index contributed by atoms with van der Waals surface area (Å²) in [6.07, 6.45) is 4.82. The Morgan fingerprint density at radius 1 is 1.28 bits per heavy atom. The van der Waals surface area contributed by atoms with E-state index in [-0.39, 0.29) is 23.4 Å². The van der Waals surface area contributed by atoms with E-state index in [0.29, 0.717) is 11.5 Å². The number of benzene rings is 1. The van der Waals surface area contributed by atoms with Crippen LogP contribution in [0.3, 0.4) is 0 Å². The average molecular weight is 249 g/mol. The highest BCUT2D eigenvalue weighted by Gasteiger charge is 2.23. The van der Waals surface area contributed by atoms with Gasteiger partial charge in [0.2, 0.25) is 0 Å². The van der Waals surface area contributed by atoms with Gasteiger partial charge in [-0.1, -0.05) is 12.8 Å². The van der Waals surface area contributed by atoms with E-state index in [4.69, 9.17) is 0 Å². The van der Waals surface area contributed by atoms with Crippen molar-refractivity contribution in [2.24, 2.45) is 5.92 Å². The summed E-state index contributed by atoms with van der Waals surface area (Å²) in [5, 5.41) is 21.5. The maximum Gasteiger partial charge on any atom is 0.251 e. The Labute approximate surface area is 107 Å². The monoisotopic (exact) mass is 249 g/mol. The molecule has 1 aromatic rings. The number of phenolic OH excluding ortho intramolecular Hbond substituents is 2. The predicted octanol–water partition coefficient (Wildman–Crippen LogP) is 2.41. The third-order valence-electron chi connectivity index (χ3n) is 3.70. The highest BCUT2D eigenvalue weighted by atomic mass is 16.3. The molecular weight excluding hydrogens is 230 g/mol. The van der Waals surface area contributed by atoms with Crippen LogP contribution in [0.2, 0.25) is 0 Å². The summed E-state index contributed by atoms with van der Waals surface area (Å²) in [5.41, 5.74) is 0.371. The number of rotatable bonds is 3. The quantitative estimate of drug-likeness (QED) is 0.720. The molecule has 1 aliphatic rings. The van der Waals surface area contributed by atoms with Gasteiger partial charge in [-0.3, -0.25) is 4.79 Å². The summed E-state index contributed by atoms with van der Waals surface area (Å²) in [7, 11) is 0. The molecule has 1 saturated carbocycles. The minimum atomic E-state index is -0.267. The molecule has 1 aliphatic carbocycles. The van der Waals surface area contributed by atoms with Gasteiger partial charge >= 0.3 is 0 Å². The van der Waals surface area contributed by atoms with Crippen molar-refractivity contribution in [2.45, 2.75) is 38.6 Å². The molecule has 1 fully saturated rings. The van der Waals surface area contributed by atoms with Gasteiger partial charge in [-0.25, -0.2) is 0 Å². The smallest absolute Gasteiger partial charge is 0.251 e. The molecule has 1 atom stereocenters. The van der Waals surface area contributed by atoms with E-state index in [0.717, 1.165) is 0 Å². The molecular formula is C14H19NO3. The summed E-state index contributed by atoms with van der Waals surface area (Å²) in [6.45, 7) is 2.02. The highest BCUT2D eigenvalue weighted by molar-refractivity contribution is 5.95. The largest absolute Gasteiger partial charge is 0.504 e. The molecule has 0 radical (unpaired) electrons. The molecule has 0 aromatic heterocycles. The van der Waals surface area contributed by atoms with Crippen LogP contribution in [0.25, 0.3) is 0 Å². The number of hydrogen-bond donors (Lipinski definition) is 3. The Morgan fingerprint density at radius 3 is 2.56 bits per heavy atom. The second-order valence-electron chi connectivity index (χ2n) is 5.01. The molecule has 1 unspecified atom stereocenters. The molecule has 0 heterocycles. The second-order valence-corrected chi connectivity index (χ2v) is 5.01. The van der Waals surface area contributed by atoms with E-state index in [2.05, 4.69) is 5.32 Å². The van der Waals surface area contributed by atoms with Crippen molar-refractivity contribution >= 4 is 5.91 Å². The summed E-state index contributed by atoms with van der Waals surface area (Å²) >= 11 is 0. The number of aromatic hydroxyl groups is 2. The van der Waals surface area contributed by atoms with Crippen LogP contribution < -0.4 is 5.32 Å². The van der Waals surface area contributed by atoms with Crippen molar-refractivity contribution in [3.05, 3.63) is 23.8 Å². The highest BCUT2D eigenvalue weighted by Crippen LogP contribution is 2.28. The van der Waals surface area contributed by atoms with Gasteiger partial charge in [-0.2, -0.15) is 0 Å². The van der Waals surface area contributed by atoms with Crippen molar-refractivity contribution < 1.29 is 15.0 Å². The maximum atomic E-state index is 12.0. The predicted molar refractivity (Wildman–Crippen MR) is 68.7 cm³/mol. The summed E-state index contributed by atoms with van der Waals surface area (Å²) < 4.78 is 0. The first-order chi connectivity index (χ1) is 8.58. The van der Waals surface area contributed by atoms with Gasteiger partial charge in [0.15, 0.2) is 11.5 Å². The molecule has 4 nitrogen and oxygen atoms in total. The van der Waals surface area contributed by atoms with Gasteiger partial charge < -0.3 is 15.5 Å². The minimum absolute atomic E-state index is 0.149. The first kappa shape index (κ1) is 12.7. The molecule has 98 valence electrons. The fourth-order valence-electron chi connectivity index (χ4n) is 2.53. The average Bonchev–Trinajstić information content (AvgIpc) is 2.86. The second kappa shape index (κ2) is 5.29. The zero-order valence-electron chi connectivity index (χ0n) is 10.5. The Morgan fingerprint density at radius 2 is 1.94 bits per heavy atom. The van der Waals surface area contributed by atoms with Crippen LogP contribution in [-0.2, 0) is 0 Å². The van der Waals surface area contributed by atoms with Gasteiger partial charge in [0, 0.05) is 11.6 Å². The fraction of sp³-hybridized carbons (Fsp3) is 0.500. The maximum absolute atomic E-state index is 12.0. The lowest BCUT2D eigenvalue weighted by molar-refractivity contribution is 0.0927. The Hall–Kier alpha value is -1.71. The first-order valence-corrected chi connectivity index (χ1v) is 6.41. The molecule has 1 aromatic carbocycles. The van der Waals surface area contributed by atoms with Gasteiger partial charge in [-0.15, -0.1) is 0 Å². The third kappa shape index (κ3) is 2.75. The molecule has 0 spiro atoms.